The van der Waals surface area contributed by atoms with Crippen LogP contribution in [0.1, 0.15) is 35.9 Å². The predicted octanol–water partition coefficient (Wildman–Crippen LogP) is 2.23. The average Bonchev–Trinajstić information content (AvgIpc) is 2.94. The minimum atomic E-state index is 0.419. The van der Waals surface area contributed by atoms with Crippen LogP contribution in [0.5, 0.6) is 0 Å². The third-order valence-electron chi connectivity index (χ3n) is 3.90. The number of hydrogen-bond acceptors (Lipinski definition) is 6. The summed E-state index contributed by atoms with van der Waals surface area (Å²) in [5.74, 6) is 0. The largest absolute Gasteiger partial charge is 0.385 e. The van der Waals surface area contributed by atoms with Crippen molar-refractivity contribution in [2.75, 3.05) is 52.5 Å². The topological polar surface area (TPSA) is 46.6 Å². The minimum absolute atomic E-state index is 0.419. The first-order valence-corrected chi connectivity index (χ1v) is 8.51. The summed E-state index contributed by atoms with van der Waals surface area (Å²) in [6, 6.07) is 0.419. The van der Waals surface area contributed by atoms with Crippen LogP contribution >= 0.6 is 11.3 Å². The van der Waals surface area contributed by atoms with Crippen molar-refractivity contribution in [1.29, 1.82) is 0 Å². The molecule has 0 amide bonds. The first kappa shape index (κ1) is 16.7. The van der Waals surface area contributed by atoms with Gasteiger partial charge in [0.2, 0.25) is 0 Å². The Kier molecular flexibility index (Phi) is 6.89. The maximum absolute atomic E-state index is 5.24. The Morgan fingerprint density at radius 2 is 2.10 bits per heavy atom. The van der Waals surface area contributed by atoms with E-state index in [0.29, 0.717) is 6.04 Å². The Balaban J connectivity index is 2.09. The average molecular weight is 313 g/mol. The van der Waals surface area contributed by atoms with Crippen LogP contribution in [0.3, 0.4) is 0 Å². The Morgan fingerprint density at radius 3 is 2.81 bits per heavy atom. The van der Waals surface area contributed by atoms with Crippen LogP contribution in [-0.2, 0) is 15.9 Å². The molecule has 0 saturated carbocycles. The lowest BCUT2D eigenvalue weighted by Crippen LogP contribution is -2.29. The Morgan fingerprint density at radius 1 is 1.29 bits per heavy atom. The van der Waals surface area contributed by atoms with Gasteiger partial charge >= 0.3 is 0 Å². The number of nitrogens with zero attached hydrogens (tertiary/aromatic N) is 2. The molecule has 5 nitrogen and oxygen atoms in total. The number of fused-ring (bicyclic) bond motifs is 1. The SMILES string of the molecule is CNC1CCCc2sc(N(CCCOC)CCOC)nc21. The number of methoxy groups -OCH3 is 2. The number of aryl methyl sites for hydroxylation is 1. The third-order valence-corrected chi connectivity index (χ3v) is 5.10. The van der Waals surface area contributed by atoms with Crippen LogP contribution < -0.4 is 10.2 Å². The molecule has 0 aromatic carbocycles. The van der Waals surface area contributed by atoms with Crippen molar-refractivity contribution in [2.24, 2.45) is 0 Å². The number of nitrogens with one attached hydrogen (secondary N) is 1. The summed E-state index contributed by atoms with van der Waals surface area (Å²) >= 11 is 1.85. The molecule has 0 bridgehead atoms. The van der Waals surface area contributed by atoms with Crippen molar-refractivity contribution in [1.82, 2.24) is 10.3 Å². The van der Waals surface area contributed by atoms with Gasteiger partial charge in [-0.1, -0.05) is 0 Å². The number of aromatic nitrogens is 1. The van der Waals surface area contributed by atoms with Crippen LogP contribution in [0.15, 0.2) is 0 Å². The number of thiazole rings is 1. The van der Waals surface area contributed by atoms with E-state index in [1.165, 1.54) is 29.8 Å². The van der Waals surface area contributed by atoms with Gasteiger partial charge in [-0.05, 0) is 32.7 Å². The first-order chi connectivity index (χ1) is 10.3. The highest BCUT2D eigenvalue weighted by atomic mass is 32.1. The van der Waals surface area contributed by atoms with Gasteiger partial charge < -0.3 is 19.7 Å². The molecule has 1 N–H and O–H groups in total. The summed E-state index contributed by atoms with van der Waals surface area (Å²) in [7, 11) is 5.52. The molecule has 1 atom stereocenters. The molecule has 1 aliphatic carbocycles. The van der Waals surface area contributed by atoms with Gasteiger partial charge in [-0.25, -0.2) is 4.98 Å². The number of ether oxygens (including phenoxy) is 2. The Labute approximate surface area is 131 Å². The molecule has 2 rings (SSSR count). The monoisotopic (exact) mass is 313 g/mol. The van der Waals surface area contributed by atoms with E-state index in [2.05, 4.69) is 10.2 Å². The molecule has 0 saturated heterocycles. The van der Waals surface area contributed by atoms with Crippen LogP contribution in [0.2, 0.25) is 0 Å². The maximum Gasteiger partial charge on any atom is 0.185 e. The van der Waals surface area contributed by atoms with E-state index in [0.717, 1.165) is 37.9 Å². The van der Waals surface area contributed by atoms with Crippen LogP contribution in [0.4, 0.5) is 5.13 Å². The van der Waals surface area contributed by atoms with Gasteiger partial charge in [0, 0.05) is 38.8 Å². The smallest absolute Gasteiger partial charge is 0.185 e. The minimum Gasteiger partial charge on any atom is -0.385 e. The summed E-state index contributed by atoms with van der Waals surface area (Å²) in [6.45, 7) is 3.37. The zero-order chi connectivity index (χ0) is 15.1. The van der Waals surface area contributed by atoms with E-state index >= 15 is 0 Å². The lowest BCUT2D eigenvalue weighted by atomic mass is 9.98. The van der Waals surface area contributed by atoms with Crippen LogP contribution in [0.25, 0.3) is 0 Å². The second-order valence-corrected chi connectivity index (χ2v) is 6.43. The molecule has 0 fully saturated rings. The van der Waals surface area contributed by atoms with Gasteiger partial charge in [-0.15, -0.1) is 11.3 Å². The van der Waals surface area contributed by atoms with Gasteiger partial charge in [-0.2, -0.15) is 0 Å². The molecule has 1 unspecified atom stereocenters. The standard InChI is InChI=1S/C15H27N3O2S/c1-16-12-6-4-7-13-14(12)17-15(21-13)18(9-11-20-3)8-5-10-19-2/h12,16H,4-11H2,1-3H3. The predicted molar refractivity (Wildman–Crippen MR) is 87.4 cm³/mol. The maximum atomic E-state index is 5.24. The van der Waals surface area contributed by atoms with E-state index in [1.54, 1.807) is 14.2 Å². The van der Waals surface area contributed by atoms with E-state index in [-0.39, 0.29) is 0 Å². The summed E-state index contributed by atoms with van der Waals surface area (Å²) < 4.78 is 10.4. The van der Waals surface area contributed by atoms with Crippen molar-refractivity contribution < 1.29 is 9.47 Å². The molecule has 0 radical (unpaired) electrons. The Bertz CT molecular complexity index is 425. The zero-order valence-corrected chi connectivity index (χ0v) is 14.2. The van der Waals surface area contributed by atoms with Crippen LogP contribution in [0, 0.1) is 0 Å². The third kappa shape index (κ3) is 4.39. The molecule has 120 valence electrons. The molecule has 1 aromatic heterocycles. The van der Waals surface area contributed by atoms with E-state index < -0.39 is 0 Å². The second-order valence-electron chi connectivity index (χ2n) is 5.36. The molecule has 0 aliphatic heterocycles. The van der Waals surface area contributed by atoms with Crippen molar-refractivity contribution in [3.63, 3.8) is 0 Å². The quantitative estimate of drug-likeness (QED) is 0.708. The van der Waals surface area contributed by atoms with Gasteiger partial charge in [0.15, 0.2) is 5.13 Å². The second kappa shape index (κ2) is 8.68. The fraction of sp³-hybridized carbons (Fsp3) is 0.800. The molecule has 1 aliphatic rings. The highest BCUT2D eigenvalue weighted by Crippen LogP contribution is 2.36. The summed E-state index contributed by atoms with van der Waals surface area (Å²) in [4.78, 5) is 8.70. The lowest BCUT2D eigenvalue weighted by molar-refractivity contribution is 0.191. The van der Waals surface area contributed by atoms with Gasteiger partial charge in [0.1, 0.15) is 0 Å². The number of rotatable bonds is 9. The first-order valence-electron chi connectivity index (χ1n) is 7.69. The lowest BCUT2D eigenvalue weighted by Gasteiger charge is -2.21. The number of anilines is 1. The van der Waals surface area contributed by atoms with Gasteiger partial charge in [0.05, 0.1) is 18.3 Å². The summed E-state index contributed by atoms with van der Waals surface area (Å²) in [6.07, 6.45) is 4.62. The molecule has 1 aromatic rings. The molecular weight excluding hydrogens is 286 g/mol. The molecular formula is C15H27N3O2S. The Hall–Kier alpha value is -0.690. The van der Waals surface area contributed by atoms with Gasteiger partial charge in [-0.3, -0.25) is 0 Å². The van der Waals surface area contributed by atoms with Gasteiger partial charge in [0.25, 0.3) is 0 Å². The van der Waals surface area contributed by atoms with E-state index in [9.17, 15) is 0 Å². The summed E-state index contributed by atoms with van der Waals surface area (Å²) in [5, 5.41) is 4.52. The highest BCUT2D eigenvalue weighted by molar-refractivity contribution is 7.15. The molecule has 21 heavy (non-hydrogen) atoms. The zero-order valence-electron chi connectivity index (χ0n) is 13.4. The number of hydrogen-bond donors (Lipinski definition) is 1. The van der Waals surface area contributed by atoms with Crippen molar-refractivity contribution in [3.05, 3.63) is 10.6 Å². The molecule has 6 heteroatoms. The highest BCUT2D eigenvalue weighted by Gasteiger charge is 2.25. The van der Waals surface area contributed by atoms with E-state index in [4.69, 9.17) is 14.5 Å². The fourth-order valence-electron chi connectivity index (χ4n) is 2.73. The van der Waals surface area contributed by atoms with Crippen molar-refractivity contribution in [3.8, 4) is 0 Å². The normalized spacial score (nSPS) is 17.8. The fourth-order valence-corrected chi connectivity index (χ4v) is 3.94. The molecule has 0 spiro atoms. The molecule has 1 heterocycles. The van der Waals surface area contributed by atoms with E-state index in [1.807, 2.05) is 18.4 Å². The van der Waals surface area contributed by atoms with Crippen molar-refractivity contribution >= 4 is 16.5 Å². The van der Waals surface area contributed by atoms with Crippen LogP contribution in [-0.4, -0.2) is 52.6 Å². The van der Waals surface area contributed by atoms with Crippen molar-refractivity contribution in [2.45, 2.75) is 31.7 Å². The summed E-state index contributed by atoms with van der Waals surface area (Å²) in [5.41, 5.74) is 1.26.